The van der Waals surface area contributed by atoms with Gasteiger partial charge < -0.3 is 15.4 Å². The Morgan fingerprint density at radius 1 is 1.30 bits per heavy atom. The van der Waals surface area contributed by atoms with Crippen molar-refractivity contribution in [2.45, 2.75) is 20.0 Å². The molecule has 0 radical (unpaired) electrons. The predicted molar refractivity (Wildman–Crippen MR) is 70.7 cm³/mol. The Morgan fingerprint density at radius 3 is 2.55 bits per heavy atom. The molecule has 20 heavy (non-hydrogen) atoms. The molecule has 0 saturated carbocycles. The molecular formula is C12H19F3N4O. The molecule has 2 N–H and O–H groups in total. The van der Waals surface area contributed by atoms with Crippen molar-refractivity contribution in [2.75, 3.05) is 37.4 Å². The molecule has 114 valence electrons. The summed E-state index contributed by atoms with van der Waals surface area (Å²) in [7, 11) is 1.46. The Hall–Kier alpha value is -1.57. The van der Waals surface area contributed by atoms with Gasteiger partial charge in [-0.3, -0.25) is 0 Å². The third-order valence-electron chi connectivity index (χ3n) is 2.24. The molecule has 0 aliphatic rings. The number of hydrogen-bond acceptors (Lipinski definition) is 5. The van der Waals surface area contributed by atoms with E-state index in [2.05, 4.69) is 20.6 Å². The van der Waals surface area contributed by atoms with Crippen LogP contribution >= 0.6 is 0 Å². The van der Waals surface area contributed by atoms with Crippen LogP contribution < -0.4 is 10.6 Å². The van der Waals surface area contributed by atoms with E-state index in [9.17, 15) is 13.2 Å². The molecule has 8 heteroatoms. The van der Waals surface area contributed by atoms with Crippen LogP contribution in [-0.2, 0) is 10.9 Å². The molecule has 0 amide bonds. The van der Waals surface area contributed by atoms with E-state index in [-0.39, 0.29) is 11.8 Å². The summed E-state index contributed by atoms with van der Waals surface area (Å²) in [6, 6.07) is 0.878. The summed E-state index contributed by atoms with van der Waals surface area (Å²) in [4.78, 5) is 7.28. The molecule has 0 bridgehead atoms. The van der Waals surface area contributed by atoms with Gasteiger partial charge in [0.2, 0.25) is 5.95 Å². The van der Waals surface area contributed by atoms with E-state index in [1.807, 2.05) is 13.8 Å². The largest absolute Gasteiger partial charge is 0.433 e. The van der Waals surface area contributed by atoms with Crippen LogP contribution in [0.3, 0.4) is 0 Å². The first-order valence-electron chi connectivity index (χ1n) is 6.28. The summed E-state index contributed by atoms with van der Waals surface area (Å²) in [5.74, 6) is 0.456. The van der Waals surface area contributed by atoms with E-state index in [4.69, 9.17) is 4.74 Å². The van der Waals surface area contributed by atoms with Crippen LogP contribution in [0, 0.1) is 5.92 Å². The van der Waals surface area contributed by atoms with Gasteiger partial charge >= 0.3 is 6.18 Å². The van der Waals surface area contributed by atoms with Crippen molar-refractivity contribution in [1.82, 2.24) is 9.97 Å². The monoisotopic (exact) mass is 292 g/mol. The molecule has 1 aromatic rings. The molecule has 1 rings (SSSR count). The van der Waals surface area contributed by atoms with Gasteiger partial charge in [-0.1, -0.05) is 13.8 Å². The Labute approximate surface area is 116 Å². The number of rotatable bonds is 7. The maximum Gasteiger partial charge on any atom is 0.433 e. The van der Waals surface area contributed by atoms with Crippen LogP contribution in [0.1, 0.15) is 19.5 Å². The maximum atomic E-state index is 12.6. The highest BCUT2D eigenvalue weighted by atomic mass is 19.4. The highest BCUT2D eigenvalue weighted by Gasteiger charge is 2.33. The lowest BCUT2D eigenvalue weighted by Crippen LogP contribution is -2.16. The molecule has 1 heterocycles. The summed E-state index contributed by atoms with van der Waals surface area (Å²) in [6.45, 7) is 5.43. The number of nitrogens with one attached hydrogen (secondary N) is 2. The van der Waals surface area contributed by atoms with Crippen molar-refractivity contribution < 1.29 is 17.9 Å². The van der Waals surface area contributed by atoms with Gasteiger partial charge in [0, 0.05) is 26.3 Å². The summed E-state index contributed by atoms with van der Waals surface area (Å²) in [6.07, 6.45) is -4.50. The van der Waals surface area contributed by atoms with Gasteiger partial charge in [-0.25, -0.2) is 4.98 Å². The molecule has 0 spiro atoms. The highest BCUT2D eigenvalue weighted by Crippen LogP contribution is 2.29. The average molecular weight is 292 g/mol. The van der Waals surface area contributed by atoms with Crippen LogP contribution in [0.2, 0.25) is 0 Å². The van der Waals surface area contributed by atoms with E-state index >= 15 is 0 Å². The third kappa shape index (κ3) is 5.60. The Morgan fingerprint density at radius 2 is 2.00 bits per heavy atom. The first-order valence-corrected chi connectivity index (χ1v) is 6.28. The number of hydrogen-bond donors (Lipinski definition) is 2. The number of aromatic nitrogens is 2. The van der Waals surface area contributed by atoms with Crippen molar-refractivity contribution in [3.8, 4) is 0 Å². The zero-order valence-electron chi connectivity index (χ0n) is 11.7. The zero-order chi connectivity index (χ0) is 15.2. The van der Waals surface area contributed by atoms with Crippen LogP contribution in [0.4, 0.5) is 24.9 Å². The van der Waals surface area contributed by atoms with Crippen LogP contribution in [0.5, 0.6) is 0 Å². The lowest BCUT2D eigenvalue weighted by atomic mass is 10.2. The van der Waals surface area contributed by atoms with Gasteiger partial charge in [-0.05, 0) is 5.92 Å². The van der Waals surface area contributed by atoms with E-state index < -0.39 is 11.9 Å². The minimum atomic E-state index is -4.50. The Kier molecular flexibility index (Phi) is 6.00. The van der Waals surface area contributed by atoms with Crippen LogP contribution in [-0.4, -0.2) is 36.8 Å². The molecule has 0 unspecified atom stereocenters. The van der Waals surface area contributed by atoms with E-state index in [0.29, 0.717) is 25.7 Å². The van der Waals surface area contributed by atoms with Gasteiger partial charge in [0.05, 0.1) is 6.61 Å². The van der Waals surface area contributed by atoms with Crippen molar-refractivity contribution in [2.24, 2.45) is 5.92 Å². The van der Waals surface area contributed by atoms with E-state index in [1.165, 1.54) is 7.05 Å². The Bertz CT molecular complexity index is 424. The van der Waals surface area contributed by atoms with Crippen LogP contribution in [0.25, 0.3) is 0 Å². The van der Waals surface area contributed by atoms with Gasteiger partial charge in [0.1, 0.15) is 5.82 Å². The van der Waals surface area contributed by atoms with Crippen LogP contribution in [0.15, 0.2) is 6.07 Å². The summed E-state index contributed by atoms with van der Waals surface area (Å²) >= 11 is 0. The van der Waals surface area contributed by atoms with E-state index in [0.717, 1.165) is 6.07 Å². The second-order valence-corrected chi connectivity index (χ2v) is 4.61. The van der Waals surface area contributed by atoms with Gasteiger partial charge in [0.25, 0.3) is 0 Å². The summed E-state index contributed by atoms with van der Waals surface area (Å²) in [5.41, 5.74) is -0.984. The predicted octanol–water partition coefficient (Wildman–Crippen LogP) is 2.62. The second kappa shape index (κ2) is 7.28. The molecule has 0 aliphatic carbocycles. The molecule has 1 aromatic heterocycles. The number of nitrogens with zero attached hydrogens (tertiary/aromatic N) is 2. The normalized spacial score (nSPS) is 11.8. The minimum absolute atomic E-state index is 0.0783. The summed E-state index contributed by atoms with van der Waals surface area (Å²) < 4.78 is 43.3. The lowest BCUT2D eigenvalue weighted by molar-refractivity contribution is -0.141. The second-order valence-electron chi connectivity index (χ2n) is 4.61. The molecular weight excluding hydrogens is 273 g/mol. The van der Waals surface area contributed by atoms with Gasteiger partial charge in [-0.15, -0.1) is 0 Å². The van der Waals surface area contributed by atoms with E-state index in [1.54, 1.807) is 0 Å². The minimum Gasteiger partial charge on any atom is -0.379 e. The number of anilines is 2. The van der Waals surface area contributed by atoms with Crippen molar-refractivity contribution in [3.63, 3.8) is 0 Å². The first kappa shape index (κ1) is 16.5. The molecule has 0 aromatic carbocycles. The maximum absolute atomic E-state index is 12.6. The Balaban J connectivity index is 2.61. The molecule has 0 aliphatic heterocycles. The van der Waals surface area contributed by atoms with Crippen molar-refractivity contribution >= 4 is 11.8 Å². The summed E-state index contributed by atoms with van der Waals surface area (Å²) in [5, 5.41) is 5.29. The number of alkyl halides is 3. The lowest BCUT2D eigenvalue weighted by Gasteiger charge is -2.12. The molecule has 0 atom stereocenters. The number of halogens is 3. The van der Waals surface area contributed by atoms with Gasteiger partial charge in [0.15, 0.2) is 5.69 Å². The molecule has 5 nitrogen and oxygen atoms in total. The SMILES string of the molecule is CNc1nc(NCCOCC(C)C)cc(C(F)(F)F)n1. The molecule has 0 fully saturated rings. The fourth-order valence-corrected chi connectivity index (χ4v) is 1.37. The quantitative estimate of drug-likeness (QED) is 0.757. The van der Waals surface area contributed by atoms with Crippen molar-refractivity contribution in [1.29, 1.82) is 0 Å². The zero-order valence-corrected chi connectivity index (χ0v) is 11.7. The highest BCUT2D eigenvalue weighted by molar-refractivity contribution is 5.42. The third-order valence-corrected chi connectivity index (χ3v) is 2.24. The average Bonchev–Trinajstić information content (AvgIpc) is 2.36. The fraction of sp³-hybridized carbons (Fsp3) is 0.667. The smallest absolute Gasteiger partial charge is 0.379 e. The fourth-order valence-electron chi connectivity index (χ4n) is 1.37. The number of ether oxygens (including phenoxy) is 1. The topological polar surface area (TPSA) is 59.1 Å². The molecule has 0 saturated heterocycles. The van der Waals surface area contributed by atoms with Crippen molar-refractivity contribution in [3.05, 3.63) is 11.8 Å². The standard InChI is InChI=1S/C12H19F3N4O/c1-8(2)7-20-5-4-17-10-6-9(12(13,14)15)18-11(16-3)19-10/h6,8H,4-5,7H2,1-3H3,(H2,16,17,18,19). The first-order chi connectivity index (χ1) is 9.32. The van der Waals surface area contributed by atoms with Gasteiger partial charge in [-0.2, -0.15) is 18.2 Å².